The molecule has 3 N–H and O–H groups in total. The van der Waals surface area contributed by atoms with Gasteiger partial charge in [-0.3, -0.25) is 5.73 Å². The summed E-state index contributed by atoms with van der Waals surface area (Å²) in [4.78, 5) is 3.07. The predicted molar refractivity (Wildman–Crippen MR) is 44.9 cm³/mol. The molecule has 2 nitrogen and oxygen atoms in total. The van der Waals surface area contributed by atoms with E-state index in [-0.39, 0.29) is 17.0 Å². The van der Waals surface area contributed by atoms with Crippen molar-refractivity contribution in [3.8, 4) is 0 Å². The molecule has 0 unspecified atom stereocenters. The molecule has 1 aromatic carbocycles. The minimum Gasteiger partial charge on any atom is -1.00 e. The van der Waals surface area contributed by atoms with Crippen LogP contribution in [0, 0.1) is 0 Å². The Morgan fingerprint density at radius 3 is 2.58 bits per heavy atom. The van der Waals surface area contributed by atoms with Gasteiger partial charge in [0.25, 0.3) is 5.82 Å². The van der Waals surface area contributed by atoms with E-state index in [9.17, 15) is 0 Å². The lowest BCUT2D eigenvalue weighted by molar-refractivity contribution is -0.326. The fraction of sp³-hybridized carbons (Fsp3) is 0. The highest BCUT2D eigenvalue weighted by Gasteiger charge is 1.95. The van der Waals surface area contributed by atoms with E-state index in [0.29, 0.717) is 5.82 Å². The van der Waals surface area contributed by atoms with Crippen molar-refractivity contribution < 1.29 is 22.0 Å². The summed E-state index contributed by atoms with van der Waals surface area (Å²) < 4.78 is 0. The molecule has 0 saturated heterocycles. The van der Waals surface area contributed by atoms with Gasteiger partial charge in [0.1, 0.15) is 5.52 Å². The van der Waals surface area contributed by atoms with Crippen molar-refractivity contribution in [3.63, 3.8) is 0 Å². The van der Waals surface area contributed by atoms with Crippen LogP contribution in [0.4, 0.5) is 5.82 Å². The molecule has 0 amide bonds. The van der Waals surface area contributed by atoms with Crippen LogP contribution < -0.4 is 27.7 Å². The van der Waals surface area contributed by atoms with E-state index in [2.05, 4.69) is 4.98 Å². The first-order chi connectivity index (χ1) is 5.36. The van der Waals surface area contributed by atoms with Crippen molar-refractivity contribution in [1.29, 1.82) is 0 Å². The van der Waals surface area contributed by atoms with Crippen LogP contribution in [0.5, 0.6) is 0 Å². The molecule has 12 heavy (non-hydrogen) atoms. The fourth-order valence-corrected chi connectivity index (χ4v) is 1.13. The molecule has 0 aliphatic rings. The Kier molecular flexibility index (Phi) is 2.65. The Bertz CT molecular complexity index is 387. The highest BCUT2D eigenvalue weighted by atomic mass is 79.9. The maximum atomic E-state index is 5.57. The quantitative estimate of drug-likeness (QED) is 0.567. The van der Waals surface area contributed by atoms with E-state index in [4.69, 9.17) is 5.73 Å². The van der Waals surface area contributed by atoms with E-state index in [1.807, 2.05) is 36.4 Å². The molecule has 0 bridgehead atoms. The molecule has 2 rings (SSSR count). The van der Waals surface area contributed by atoms with E-state index in [0.717, 1.165) is 5.52 Å². The Hall–Kier alpha value is -1.09. The van der Waals surface area contributed by atoms with Gasteiger partial charge in [0.2, 0.25) is 0 Å². The van der Waals surface area contributed by atoms with Crippen molar-refractivity contribution in [1.82, 2.24) is 0 Å². The number of nitrogens with one attached hydrogen (secondary N) is 1. The lowest BCUT2D eigenvalue weighted by Gasteiger charge is -1.92. The van der Waals surface area contributed by atoms with Crippen molar-refractivity contribution in [2.24, 2.45) is 0 Å². The molecule has 2 aromatic rings. The molecule has 1 heterocycles. The number of pyridine rings is 1. The van der Waals surface area contributed by atoms with Crippen LogP contribution in [0.1, 0.15) is 0 Å². The molecule has 3 heteroatoms. The highest BCUT2D eigenvalue weighted by molar-refractivity contribution is 5.75. The molecule has 0 fully saturated rings. The number of halogens is 1. The number of benzene rings is 1. The third-order valence-electron chi connectivity index (χ3n) is 1.68. The molecule has 0 spiro atoms. The first-order valence-electron chi connectivity index (χ1n) is 3.53. The van der Waals surface area contributed by atoms with Gasteiger partial charge in [0, 0.05) is 11.5 Å². The summed E-state index contributed by atoms with van der Waals surface area (Å²) in [6.45, 7) is 0. The zero-order valence-corrected chi connectivity index (χ0v) is 8.01. The summed E-state index contributed by atoms with van der Waals surface area (Å²) in [5, 5.41) is 1.18. The van der Waals surface area contributed by atoms with Crippen molar-refractivity contribution in [3.05, 3.63) is 36.4 Å². The molecule has 0 saturated carbocycles. The Morgan fingerprint density at radius 1 is 1.00 bits per heavy atom. The molecule has 0 aliphatic heterocycles. The zero-order chi connectivity index (χ0) is 7.68. The van der Waals surface area contributed by atoms with Gasteiger partial charge in [-0.25, -0.2) is 4.98 Å². The van der Waals surface area contributed by atoms with Gasteiger partial charge in [-0.1, -0.05) is 18.2 Å². The second-order valence-corrected chi connectivity index (χ2v) is 2.50. The minimum absolute atomic E-state index is 0. The van der Waals surface area contributed by atoms with Crippen LogP contribution in [-0.2, 0) is 0 Å². The summed E-state index contributed by atoms with van der Waals surface area (Å²) in [5.41, 5.74) is 6.64. The van der Waals surface area contributed by atoms with Gasteiger partial charge < -0.3 is 17.0 Å². The first kappa shape index (κ1) is 9.00. The number of aromatic nitrogens is 1. The molecular weight excluding hydrogens is 216 g/mol. The largest absolute Gasteiger partial charge is 1.00 e. The van der Waals surface area contributed by atoms with Crippen LogP contribution >= 0.6 is 0 Å². The molecule has 62 valence electrons. The van der Waals surface area contributed by atoms with Crippen molar-refractivity contribution in [2.75, 3.05) is 5.73 Å². The topological polar surface area (TPSA) is 40.2 Å². The first-order valence-corrected chi connectivity index (χ1v) is 3.53. The highest BCUT2D eigenvalue weighted by Crippen LogP contribution is 2.07. The van der Waals surface area contributed by atoms with Crippen LogP contribution in [-0.4, -0.2) is 0 Å². The smallest absolute Gasteiger partial charge is 0.270 e. The summed E-state index contributed by atoms with van der Waals surface area (Å²) in [6.07, 6.45) is 0. The average Bonchev–Trinajstić information content (AvgIpc) is 2.04. The van der Waals surface area contributed by atoms with Crippen LogP contribution in [0.2, 0.25) is 0 Å². The number of anilines is 1. The second kappa shape index (κ2) is 3.54. The van der Waals surface area contributed by atoms with Crippen LogP contribution in [0.3, 0.4) is 0 Å². The fourth-order valence-electron chi connectivity index (χ4n) is 1.13. The lowest BCUT2D eigenvalue weighted by atomic mass is 10.2. The van der Waals surface area contributed by atoms with Crippen molar-refractivity contribution in [2.45, 2.75) is 0 Å². The van der Waals surface area contributed by atoms with Gasteiger partial charge in [0.15, 0.2) is 0 Å². The Morgan fingerprint density at radius 2 is 1.75 bits per heavy atom. The number of fused-ring (bicyclic) bond motifs is 1. The van der Waals surface area contributed by atoms with Gasteiger partial charge in [0.05, 0.1) is 0 Å². The third kappa shape index (κ3) is 1.56. The lowest BCUT2D eigenvalue weighted by Crippen LogP contribution is -3.00. The normalized spacial score (nSPS) is 9.33. The maximum Gasteiger partial charge on any atom is 0.270 e. The van der Waals surface area contributed by atoms with Crippen molar-refractivity contribution >= 4 is 16.7 Å². The number of para-hydroxylation sites is 1. The van der Waals surface area contributed by atoms with Gasteiger partial charge >= 0.3 is 0 Å². The molecule has 0 radical (unpaired) electrons. The van der Waals surface area contributed by atoms with Gasteiger partial charge in [-0.2, -0.15) is 0 Å². The number of nitrogen functional groups attached to an aromatic ring is 1. The second-order valence-electron chi connectivity index (χ2n) is 2.50. The monoisotopic (exact) mass is 224 g/mol. The standard InChI is InChI=1S/C9H8N2.BrH/c10-9-6-5-7-3-1-2-4-8(7)11-9;/h1-6H,(H2,10,11);1H. The van der Waals surface area contributed by atoms with Crippen LogP contribution in [0.25, 0.3) is 10.9 Å². The Labute approximate surface area is 81.2 Å². The number of hydrogen-bond acceptors (Lipinski definition) is 1. The number of aromatic amines is 1. The minimum atomic E-state index is 0. The number of nitrogens with two attached hydrogens (primary N) is 1. The SMILES string of the molecule is Nc1ccc2ccccc2[nH+]1.[Br-]. The van der Waals surface area contributed by atoms with Crippen LogP contribution in [0.15, 0.2) is 36.4 Å². The third-order valence-corrected chi connectivity index (χ3v) is 1.68. The average molecular weight is 225 g/mol. The molecule has 0 atom stereocenters. The molecule has 1 aromatic heterocycles. The van der Waals surface area contributed by atoms with E-state index in [1.165, 1.54) is 5.39 Å². The summed E-state index contributed by atoms with van der Waals surface area (Å²) >= 11 is 0. The number of rotatable bonds is 0. The summed E-state index contributed by atoms with van der Waals surface area (Å²) in [7, 11) is 0. The number of hydrogen-bond donors (Lipinski definition) is 1. The zero-order valence-electron chi connectivity index (χ0n) is 6.42. The summed E-state index contributed by atoms with van der Waals surface area (Å²) in [5.74, 6) is 0.698. The summed E-state index contributed by atoms with van der Waals surface area (Å²) in [6, 6.07) is 11.9. The Balaban J connectivity index is 0.000000720. The van der Waals surface area contributed by atoms with E-state index < -0.39 is 0 Å². The maximum absolute atomic E-state index is 5.57. The predicted octanol–water partition coefficient (Wildman–Crippen LogP) is -1.76. The number of H-pyrrole nitrogens is 1. The molecular formula is C9H9BrN2. The van der Waals surface area contributed by atoms with Gasteiger partial charge in [-0.15, -0.1) is 0 Å². The molecule has 0 aliphatic carbocycles. The van der Waals surface area contributed by atoms with E-state index >= 15 is 0 Å². The van der Waals surface area contributed by atoms with E-state index in [1.54, 1.807) is 0 Å². The van der Waals surface area contributed by atoms with Gasteiger partial charge in [-0.05, 0) is 12.1 Å².